The van der Waals surface area contributed by atoms with E-state index in [2.05, 4.69) is 10.3 Å². The maximum absolute atomic E-state index is 13.2. The highest BCUT2D eigenvalue weighted by atomic mass is 19.1. The molecule has 0 amide bonds. The van der Waals surface area contributed by atoms with Crippen LogP contribution in [0.2, 0.25) is 0 Å². The molecule has 1 N–H and O–H groups in total. The van der Waals surface area contributed by atoms with Crippen molar-refractivity contribution in [1.29, 1.82) is 0 Å². The fourth-order valence-electron chi connectivity index (χ4n) is 2.18. The Balaban J connectivity index is 2.07. The number of halogens is 1. The molecule has 2 nitrogen and oxygen atoms in total. The first-order valence-corrected chi connectivity index (χ1v) is 4.62. The molecule has 4 atom stereocenters. The number of amidine groups is 1. The number of nitrogens with zero attached hydrogens (tertiary/aromatic N) is 1. The molecule has 2 rings (SSSR count). The van der Waals surface area contributed by atoms with E-state index in [1.807, 2.05) is 13.8 Å². The van der Waals surface area contributed by atoms with Gasteiger partial charge in [0.2, 0.25) is 0 Å². The molecule has 0 aromatic heterocycles. The highest BCUT2D eigenvalue weighted by Crippen LogP contribution is 2.31. The molecule has 2 aliphatic rings. The van der Waals surface area contributed by atoms with Gasteiger partial charge in [0.15, 0.2) is 0 Å². The first kappa shape index (κ1) is 8.02. The van der Waals surface area contributed by atoms with Crippen molar-refractivity contribution in [2.45, 2.75) is 44.9 Å². The Bertz CT molecular complexity index is 215. The third-order valence-corrected chi connectivity index (χ3v) is 2.93. The summed E-state index contributed by atoms with van der Waals surface area (Å²) in [6.07, 6.45) is 0.880. The second-order valence-corrected chi connectivity index (χ2v) is 4.00. The van der Waals surface area contributed by atoms with Gasteiger partial charge in [0.25, 0.3) is 0 Å². The maximum atomic E-state index is 13.2. The lowest BCUT2D eigenvalue weighted by Gasteiger charge is -2.31. The molecule has 0 radical (unpaired) electrons. The smallest absolute Gasteiger partial charge is 0.105 e. The molecule has 12 heavy (non-hydrogen) atoms. The molecule has 0 aromatic carbocycles. The summed E-state index contributed by atoms with van der Waals surface area (Å²) < 4.78 is 13.2. The Labute approximate surface area is 72.3 Å². The fourth-order valence-corrected chi connectivity index (χ4v) is 2.18. The van der Waals surface area contributed by atoms with Crippen molar-refractivity contribution in [3.8, 4) is 0 Å². The number of nitrogens with one attached hydrogen (secondary N) is 1. The van der Waals surface area contributed by atoms with E-state index in [9.17, 15) is 4.39 Å². The van der Waals surface area contributed by atoms with Crippen molar-refractivity contribution in [3.63, 3.8) is 0 Å². The van der Waals surface area contributed by atoms with Gasteiger partial charge in [0.1, 0.15) is 6.17 Å². The Kier molecular flexibility index (Phi) is 1.81. The van der Waals surface area contributed by atoms with E-state index >= 15 is 0 Å². The summed E-state index contributed by atoms with van der Waals surface area (Å²) in [5.74, 6) is 1.17. The summed E-state index contributed by atoms with van der Waals surface area (Å²) in [6.45, 7) is 3.94. The Hall–Kier alpha value is -0.600. The molecule has 3 heteroatoms. The van der Waals surface area contributed by atoms with Crippen LogP contribution in [0.4, 0.5) is 4.39 Å². The predicted octanol–water partition coefficient (Wildman–Crippen LogP) is 1.51. The van der Waals surface area contributed by atoms with E-state index in [-0.39, 0.29) is 12.0 Å². The Morgan fingerprint density at radius 1 is 1.50 bits per heavy atom. The summed E-state index contributed by atoms with van der Waals surface area (Å²) in [7, 11) is 0. The molecule has 0 spiro atoms. The zero-order valence-electron chi connectivity index (χ0n) is 7.55. The topological polar surface area (TPSA) is 24.4 Å². The molecule has 1 aliphatic carbocycles. The summed E-state index contributed by atoms with van der Waals surface area (Å²) in [6, 6.07) is 0.614. The second kappa shape index (κ2) is 2.71. The van der Waals surface area contributed by atoms with Gasteiger partial charge in [0, 0.05) is 6.42 Å². The number of rotatable bonds is 0. The van der Waals surface area contributed by atoms with Gasteiger partial charge in [-0.2, -0.15) is 0 Å². The van der Waals surface area contributed by atoms with Crippen LogP contribution in [0.25, 0.3) is 0 Å². The van der Waals surface area contributed by atoms with Crippen molar-refractivity contribution in [2.24, 2.45) is 10.9 Å². The maximum Gasteiger partial charge on any atom is 0.105 e. The lowest BCUT2D eigenvalue weighted by atomic mass is 9.83. The van der Waals surface area contributed by atoms with Gasteiger partial charge in [-0.1, -0.05) is 6.92 Å². The average Bonchev–Trinajstić information content (AvgIpc) is 2.30. The van der Waals surface area contributed by atoms with Crippen molar-refractivity contribution >= 4 is 5.84 Å². The second-order valence-electron chi connectivity index (χ2n) is 4.00. The minimum atomic E-state index is -0.650. The van der Waals surface area contributed by atoms with Crippen LogP contribution in [0.15, 0.2) is 4.99 Å². The van der Waals surface area contributed by atoms with Gasteiger partial charge in [-0.05, 0) is 19.3 Å². The third-order valence-electron chi connectivity index (χ3n) is 2.93. The van der Waals surface area contributed by atoms with Crippen LogP contribution in [-0.4, -0.2) is 24.1 Å². The minimum absolute atomic E-state index is 0.194. The minimum Gasteiger partial charge on any atom is -0.369 e. The first-order chi connectivity index (χ1) is 5.66. The quantitative estimate of drug-likeness (QED) is 0.585. The molecule has 0 saturated heterocycles. The van der Waals surface area contributed by atoms with Gasteiger partial charge in [-0.3, -0.25) is 4.99 Å². The molecule has 1 saturated carbocycles. The number of aliphatic imine (C=N–C) groups is 1. The average molecular weight is 170 g/mol. The Morgan fingerprint density at radius 2 is 2.25 bits per heavy atom. The molecular formula is C9H15FN2. The highest BCUT2D eigenvalue weighted by Gasteiger charge is 2.37. The summed E-state index contributed by atoms with van der Waals surface area (Å²) in [4.78, 5) is 4.36. The number of hydrogen-bond donors (Lipinski definition) is 1. The van der Waals surface area contributed by atoms with E-state index < -0.39 is 6.17 Å². The largest absolute Gasteiger partial charge is 0.369 e. The molecule has 1 aliphatic heterocycles. The van der Waals surface area contributed by atoms with E-state index in [1.165, 1.54) is 0 Å². The van der Waals surface area contributed by atoms with Crippen LogP contribution in [0.3, 0.4) is 0 Å². The Morgan fingerprint density at radius 3 is 3.00 bits per heavy atom. The molecule has 68 valence electrons. The van der Waals surface area contributed by atoms with Gasteiger partial charge in [-0.15, -0.1) is 0 Å². The first-order valence-electron chi connectivity index (χ1n) is 4.62. The van der Waals surface area contributed by atoms with Crippen LogP contribution < -0.4 is 5.32 Å². The monoisotopic (exact) mass is 170 g/mol. The van der Waals surface area contributed by atoms with Crippen molar-refractivity contribution in [3.05, 3.63) is 0 Å². The lowest BCUT2D eigenvalue weighted by molar-refractivity contribution is 0.150. The molecule has 1 heterocycles. The standard InChI is InChI=1S/C9H15FN2/c1-5-3-8-9(4-7(5)10)12-6(2)11-8/h5,7-9H,3-4H2,1-2H3,(H,11,12). The molecular weight excluding hydrogens is 155 g/mol. The third kappa shape index (κ3) is 1.21. The van der Waals surface area contributed by atoms with Crippen LogP contribution in [0, 0.1) is 5.92 Å². The number of hydrogen-bond acceptors (Lipinski definition) is 2. The van der Waals surface area contributed by atoms with Crippen molar-refractivity contribution < 1.29 is 4.39 Å². The molecule has 0 bridgehead atoms. The van der Waals surface area contributed by atoms with Gasteiger partial charge < -0.3 is 5.32 Å². The van der Waals surface area contributed by atoms with E-state index in [4.69, 9.17) is 0 Å². The van der Waals surface area contributed by atoms with Gasteiger partial charge >= 0.3 is 0 Å². The van der Waals surface area contributed by atoms with Crippen LogP contribution in [-0.2, 0) is 0 Å². The normalized spacial score (nSPS) is 46.4. The van der Waals surface area contributed by atoms with Crippen molar-refractivity contribution in [2.75, 3.05) is 0 Å². The highest BCUT2D eigenvalue weighted by molar-refractivity contribution is 5.82. The molecule has 0 aromatic rings. The zero-order valence-corrected chi connectivity index (χ0v) is 7.55. The summed E-state index contributed by atoms with van der Waals surface area (Å²) >= 11 is 0. The SMILES string of the molecule is CC1=NC2CC(F)C(C)CC2N1. The lowest BCUT2D eigenvalue weighted by Crippen LogP contribution is -2.42. The van der Waals surface area contributed by atoms with Crippen LogP contribution in [0.5, 0.6) is 0 Å². The van der Waals surface area contributed by atoms with Crippen molar-refractivity contribution in [1.82, 2.24) is 5.32 Å². The number of fused-ring (bicyclic) bond motifs is 1. The van der Waals surface area contributed by atoms with E-state index in [1.54, 1.807) is 0 Å². The summed E-state index contributed by atoms with van der Waals surface area (Å²) in [5.41, 5.74) is 0. The zero-order chi connectivity index (χ0) is 8.72. The molecule has 4 unspecified atom stereocenters. The van der Waals surface area contributed by atoms with Crippen LogP contribution in [0.1, 0.15) is 26.7 Å². The summed E-state index contributed by atoms with van der Waals surface area (Å²) in [5, 5.41) is 3.29. The van der Waals surface area contributed by atoms with Gasteiger partial charge in [0.05, 0.1) is 17.9 Å². The van der Waals surface area contributed by atoms with E-state index in [0.717, 1.165) is 12.3 Å². The fraction of sp³-hybridized carbons (Fsp3) is 0.889. The van der Waals surface area contributed by atoms with Gasteiger partial charge in [-0.25, -0.2) is 4.39 Å². The predicted molar refractivity (Wildman–Crippen MR) is 47.1 cm³/mol. The van der Waals surface area contributed by atoms with Crippen LogP contribution >= 0.6 is 0 Å². The molecule has 1 fully saturated rings. The number of alkyl halides is 1. The van der Waals surface area contributed by atoms with E-state index in [0.29, 0.717) is 12.5 Å².